The van der Waals surface area contributed by atoms with Crippen LogP contribution in [-0.2, 0) is 4.74 Å². The number of rotatable bonds is 5. The highest BCUT2D eigenvalue weighted by Gasteiger charge is 2.19. The second-order valence-electron chi connectivity index (χ2n) is 3.75. The summed E-state index contributed by atoms with van der Waals surface area (Å²) < 4.78 is 5.31. The number of ether oxygens (including phenoxy) is 1. The highest BCUT2D eigenvalue weighted by Crippen LogP contribution is 2.21. The van der Waals surface area contributed by atoms with Crippen LogP contribution in [0.3, 0.4) is 0 Å². The first-order valence-corrected chi connectivity index (χ1v) is 4.66. The summed E-state index contributed by atoms with van der Waals surface area (Å²) in [6.45, 7) is 6.43. The molecule has 1 atom stereocenters. The third-order valence-electron chi connectivity index (χ3n) is 1.99. The van der Waals surface area contributed by atoms with Gasteiger partial charge in [-0.15, -0.1) is 11.6 Å². The fourth-order valence-corrected chi connectivity index (χ4v) is 1.58. The zero-order valence-corrected chi connectivity index (χ0v) is 8.74. The highest BCUT2D eigenvalue weighted by molar-refractivity contribution is 6.17. The molecule has 0 aliphatic rings. The zero-order valence-electron chi connectivity index (χ0n) is 7.98. The van der Waals surface area contributed by atoms with Gasteiger partial charge in [0, 0.05) is 13.0 Å². The molecule has 0 radical (unpaired) electrons. The maximum absolute atomic E-state index is 5.63. The Morgan fingerprint density at radius 2 is 2.00 bits per heavy atom. The van der Waals surface area contributed by atoms with Crippen molar-refractivity contribution in [2.24, 2.45) is 5.92 Å². The molecule has 0 heterocycles. The third-order valence-corrected chi connectivity index (χ3v) is 2.21. The van der Waals surface area contributed by atoms with E-state index < -0.39 is 0 Å². The molecule has 0 aromatic carbocycles. The summed E-state index contributed by atoms with van der Waals surface area (Å²) in [5.74, 6) is 1.41. The van der Waals surface area contributed by atoms with Crippen molar-refractivity contribution in [3.8, 4) is 0 Å². The van der Waals surface area contributed by atoms with Gasteiger partial charge in [-0.1, -0.05) is 6.92 Å². The SMILES string of the molecule is COC(C)(C)CC(C)CCCl. The van der Waals surface area contributed by atoms with Crippen molar-refractivity contribution in [3.05, 3.63) is 0 Å². The Bertz CT molecular complexity index is 102. The predicted octanol–water partition coefficient (Wildman–Crippen LogP) is 3.07. The Morgan fingerprint density at radius 1 is 1.45 bits per heavy atom. The van der Waals surface area contributed by atoms with Crippen LogP contribution in [0.2, 0.25) is 0 Å². The zero-order chi connectivity index (χ0) is 8.91. The average molecular weight is 179 g/mol. The van der Waals surface area contributed by atoms with E-state index in [1.165, 1.54) is 0 Å². The van der Waals surface area contributed by atoms with Crippen molar-refractivity contribution in [2.45, 2.75) is 39.2 Å². The second-order valence-corrected chi connectivity index (χ2v) is 4.13. The van der Waals surface area contributed by atoms with Gasteiger partial charge in [-0.25, -0.2) is 0 Å². The van der Waals surface area contributed by atoms with E-state index in [1.54, 1.807) is 7.11 Å². The number of hydrogen-bond acceptors (Lipinski definition) is 1. The second kappa shape index (κ2) is 5.00. The summed E-state index contributed by atoms with van der Waals surface area (Å²) in [4.78, 5) is 0. The summed E-state index contributed by atoms with van der Waals surface area (Å²) in [5, 5.41) is 0. The number of methoxy groups -OCH3 is 1. The lowest BCUT2D eigenvalue weighted by Crippen LogP contribution is -2.25. The molecule has 0 aliphatic carbocycles. The molecule has 0 N–H and O–H groups in total. The standard InChI is InChI=1S/C9H19ClO/c1-8(5-6-10)7-9(2,3)11-4/h8H,5-7H2,1-4H3. The lowest BCUT2D eigenvalue weighted by Gasteiger charge is -2.26. The largest absolute Gasteiger partial charge is 0.379 e. The topological polar surface area (TPSA) is 9.23 Å². The van der Waals surface area contributed by atoms with Crippen molar-refractivity contribution < 1.29 is 4.74 Å². The van der Waals surface area contributed by atoms with Gasteiger partial charge in [0.05, 0.1) is 5.60 Å². The van der Waals surface area contributed by atoms with E-state index in [-0.39, 0.29) is 5.60 Å². The smallest absolute Gasteiger partial charge is 0.0625 e. The van der Waals surface area contributed by atoms with Crippen LogP contribution in [0, 0.1) is 5.92 Å². The van der Waals surface area contributed by atoms with Crippen LogP contribution >= 0.6 is 11.6 Å². The normalized spacial score (nSPS) is 15.0. The first-order valence-electron chi connectivity index (χ1n) is 4.13. The van der Waals surface area contributed by atoms with Crippen LogP contribution in [0.4, 0.5) is 0 Å². The fourth-order valence-electron chi connectivity index (χ4n) is 1.21. The molecular formula is C9H19ClO. The summed E-state index contributed by atoms with van der Waals surface area (Å²) in [7, 11) is 1.76. The summed E-state index contributed by atoms with van der Waals surface area (Å²) in [6, 6.07) is 0. The molecule has 0 aromatic heterocycles. The molecule has 2 heteroatoms. The molecular weight excluding hydrogens is 160 g/mol. The summed E-state index contributed by atoms with van der Waals surface area (Å²) in [5.41, 5.74) is 0.00543. The first-order chi connectivity index (χ1) is 5.02. The van der Waals surface area contributed by atoms with E-state index in [9.17, 15) is 0 Å². The Kier molecular flexibility index (Phi) is 5.11. The van der Waals surface area contributed by atoms with Gasteiger partial charge in [-0.05, 0) is 32.6 Å². The molecule has 0 bridgehead atoms. The van der Waals surface area contributed by atoms with Crippen LogP contribution in [0.25, 0.3) is 0 Å². The van der Waals surface area contributed by atoms with Crippen molar-refractivity contribution in [3.63, 3.8) is 0 Å². The monoisotopic (exact) mass is 178 g/mol. The van der Waals surface area contributed by atoms with Gasteiger partial charge >= 0.3 is 0 Å². The van der Waals surface area contributed by atoms with Crippen molar-refractivity contribution in [1.29, 1.82) is 0 Å². The first kappa shape index (κ1) is 11.2. The van der Waals surface area contributed by atoms with Gasteiger partial charge in [0.2, 0.25) is 0 Å². The number of alkyl halides is 1. The Labute approximate surface area is 75.1 Å². The van der Waals surface area contributed by atoms with Crippen molar-refractivity contribution in [1.82, 2.24) is 0 Å². The van der Waals surface area contributed by atoms with Crippen LogP contribution in [-0.4, -0.2) is 18.6 Å². The molecule has 0 aromatic rings. The molecule has 0 aliphatic heterocycles. The number of halogens is 1. The van der Waals surface area contributed by atoms with Gasteiger partial charge in [0.1, 0.15) is 0 Å². The van der Waals surface area contributed by atoms with Gasteiger partial charge in [0.15, 0.2) is 0 Å². The van der Waals surface area contributed by atoms with E-state index >= 15 is 0 Å². The molecule has 0 amide bonds. The molecule has 11 heavy (non-hydrogen) atoms. The Morgan fingerprint density at radius 3 is 2.36 bits per heavy atom. The third kappa shape index (κ3) is 5.51. The van der Waals surface area contributed by atoms with E-state index in [0.29, 0.717) is 5.92 Å². The Hall–Kier alpha value is 0.250. The molecule has 0 saturated heterocycles. The average Bonchev–Trinajstić information content (AvgIpc) is 1.87. The Balaban J connectivity index is 3.64. The lowest BCUT2D eigenvalue weighted by atomic mass is 9.93. The highest BCUT2D eigenvalue weighted by atomic mass is 35.5. The minimum atomic E-state index is 0.00543. The quantitative estimate of drug-likeness (QED) is 0.588. The summed E-state index contributed by atoms with van der Waals surface area (Å²) >= 11 is 5.63. The maximum Gasteiger partial charge on any atom is 0.0625 e. The van der Waals surface area contributed by atoms with Gasteiger partial charge < -0.3 is 4.74 Å². The molecule has 1 nitrogen and oxygen atoms in total. The van der Waals surface area contributed by atoms with E-state index in [1.807, 2.05) is 0 Å². The molecule has 0 fully saturated rings. The van der Waals surface area contributed by atoms with Crippen molar-refractivity contribution in [2.75, 3.05) is 13.0 Å². The maximum atomic E-state index is 5.63. The van der Waals surface area contributed by atoms with E-state index in [0.717, 1.165) is 18.7 Å². The predicted molar refractivity (Wildman–Crippen MR) is 50.2 cm³/mol. The molecule has 0 rings (SSSR count). The number of hydrogen-bond donors (Lipinski definition) is 0. The van der Waals surface area contributed by atoms with E-state index in [2.05, 4.69) is 20.8 Å². The van der Waals surface area contributed by atoms with Crippen LogP contribution in [0.1, 0.15) is 33.6 Å². The minimum absolute atomic E-state index is 0.00543. The van der Waals surface area contributed by atoms with Crippen LogP contribution in [0.5, 0.6) is 0 Å². The van der Waals surface area contributed by atoms with Crippen LogP contribution < -0.4 is 0 Å². The van der Waals surface area contributed by atoms with Gasteiger partial charge in [-0.2, -0.15) is 0 Å². The van der Waals surface area contributed by atoms with Crippen molar-refractivity contribution >= 4 is 11.6 Å². The van der Waals surface area contributed by atoms with Gasteiger partial charge in [-0.3, -0.25) is 0 Å². The molecule has 1 unspecified atom stereocenters. The van der Waals surface area contributed by atoms with Gasteiger partial charge in [0.25, 0.3) is 0 Å². The lowest BCUT2D eigenvalue weighted by molar-refractivity contribution is 0.00360. The molecule has 0 spiro atoms. The van der Waals surface area contributed by atoms with E-state index in [4.69, 9.17) is 16.3 Å². The van der Waals surface area contributed by atoms with Crippen LogP contribution in [0.15, 0.2) is 0 Å². The molecule has 0 saturated carbocycles. The minimum Gasteiger partial charge on any atom is -0.379 e. The fraction of sp³-hybridized carbons (Fsp3) is 1.00. The summed E-state index contributed by atoms with van der Waals surface area (Å²) in [6.07, 6.45) is 2.16. The molecule has 68 valence electrons.